The first-order valence-electron chi connectivity index (χ1n) is 10.5. The van der Waals surface area contributed by atoms with Gasteiger partial charge in [-0.1, -0.05) is 37.3 Å². The van der Waals surface area contributed by atoms with E-state index in [0.717, 1.165) is 44.9 Å². The van der Waals surface area contributed by atoms with Crippen LogP contribution in [0.25, 0.3) is 10.1 Å². The van der Waals surface area contributed by atoms with Crippen molar-refractivity contribution in [1.82, 2.24) is 9.80 Å². The Labute approximate surface area is 177 Å². The number of hydrogen-bond acceptors (Lipinski definition) is 5. The maximum Gasteiger partial charge on any atom is 0.119 e. The van der Waals surface area contributed by atoms with Crippen molar-refractivity contribution in [1.29, 1.82) is 0 Å². The Balaban J connectivity index is 1.20. The predicted molar refractivity (Wildman–Crippen MR) is 121 cm³/mol. The zero-order valence-corrected chi connectivity index (χ0v) is 17.9. The lowest BCUT2D eigenvalue weighted by atomic mass is 10.1. The van der Waals surface area contributed by atoms with Crippen LogP contribution in [0.15, 0.2) is 53.9 Å². The summed E-state index contributed by atoms with van der Waals surface area (Å²) in [6.45, 7) is 8.22. The van der Waals surface area contributed by atoms with Crippen LogP contribution in [0.5, 0.6) is 5.75 Å². The maximum atomic E-state index is 10.4. The molecule has 2 heterocycles. The van der Waals surface area contributed by atoms with Crippen molar-refractivity contribution in [3.05, 3.63) is 65.0 Å². The molecule has 3 aromatic rings. The fraction of sp³-hybridized carbons (Fsp3) is 0.417. The molecule has 1 atom stereocenters. The molecule has 0 amide bonds. The molecule has 1 N–H and O–H groups in total. The van der Waals surface area contributed by atoms with Gasteiger partial charge in [0.05, 0.1) is 0 Å². The first kappa shape index (κ1) is 20.4. The van der Waals surface area contributed by atoms with Gasteiger partial charge in [0.15, 0.2) is 0 Å². The van der Waals surface area contributed by atoms with Crippen LogP contribution >= 0.6 is 11.3 Å². The van der Waals surface area contributed by atoms with Gasteiger partial charge in [-0.2, -0.15) is 0 Å². The van der Waals surface area contributed by atoms with Gasteiger partial charge >= 0.3 is 0 Å². The second-order valence-corrected chi connectivity index (χ2v) is 8.71. The summed E-state index contributed by atoms with van der Waals surface area (Å²) >= 11 is 1.83. The van der Waals surface area contributed by atoms with Crippen LogP contribution in [0.1, 0.15) is 18.1 Å². The third kappa shape index (κ3) is 5.37. The minimum atomic E-state index is -0.465. The highest BCUT2D eigenvalue weighted by molar-refractivity contribution is 7.17. The van der Waals surface area contributed by atoms with E-state index in [4.69, 9.17) is 4.74 Å². The van der Waals surface area contributed by atoms with E-state index in [1.165, 1.54) is 21.2 Å². The zero-order chi connectivity index (χ0) is 20.1. The number of β-amino-alcohol motifs (C(OH)–C–C–N with tert-alkyl or cyclic N) is 1. The number of piperazine rings is 1. The number of aliphatic hydroxyl groups is 1. The highest BCUT2D eigenvalue weighted by Gasteiger charge is 2.20. The highest BCUT2D eigenvalue weighted by atomic mass is 32.1. The predicted octanol–water partition coefficient (Wildman–Crippen LogP) is 4.02. The van der Waals surface area contributed by atoms with Crippen molar-refractivity contribution in [2.24, 2.45) is 0 Å². The molecule has 0 spiro atoms. The topological polar surface area (TPSA) is 35.9 Å². The Kier molecular flexibility index (Phi) is 6.82. The van der Waals surface area contributed by atoms with Crippen molar-refractivity contribution < 1.29 is 9.84 Å². The molecule has 1 fully saturated rings. The SMILES string of the molecule is CCc1ccc(OCC(O)CN2CCN(Cc3csc4ccccc34)CC2)cc1. The molecule has 1 aliphatic heterocycles. The van der Waals surface area contributed by atoms with E-state index in [0.29, 0.717) is 13.2 Å². The summed E-state index contributed by atoms with van der Waals surface area (Å²) in [6, 6.07) is 16.8. The lowest BCUT2D eigenvalue weighted by molar-refractivity contribution is 0.0447. The highest BCUT2D eigenvalue weighted by Crippen LogP contribution is 2.27. The summed E-state index contributed by atoms with van der Waals surface area (Å²) in [5.41, 5.74) is 2.73. The molecule has 29 heavy (non-hydrogen) atoms. The van der Waals surface area contributed by atoms with Crippen LogP contribution in [0, 0.1) is 0 Å². The monoisotopic (exact) mass is 410 g/mol. The van der Waals surface area contributed by atoms with E-state index in [9.17, 15) is 5.11 Å². The van der Waals surface area contributed by atoms with Crippen LogP contribution < -0.4 is 4.74 Å². The van der Waals surface area contributed by atoms with E-state index < -0.39 is 6.10 Å². The minimum Gasteiger partial charge on any atom is -0.491 e. The Morgan fingerprint density at radius 2 is 1.72 bits per heavy atom. The summed E-state index contributed by atoms with van der Waals surface area (Å²) in [4.78, 5) is 4.86. The number of rotatable bonds is 8. The van der Waals surface area contributed by atoms with Crippen LogP contribution in [0.4, 0.5) is 0 Å². The molecule has 5 heteroatoms. The van der Waals surface area contributed by atoms with Gasteiger partial charge in [-0.05, 0) is 46.5 Å². The van der Waals surface area contributed by atoms with Gasteiger partial charge < -0.3 is 9.84 Å². The van der Waals surface area contributed by atoms with Crippen LogP contribution in [0.3, 0.4) is 0 Å². The van der Waals surface area contributed by atoms with Crippen molar-refractivity contribution in [3.8, 4) is 5.75 Å². The van der Waals surface area contributed by atoms with Crippen LogP contribution in [-0.4, -0.2) is 60.3 Å². The number of thiophene rings is 1. The summed E-state index contributed by atoms with van der Waals surface area (Å²) in [7, 11) is 0. The van der Waals surface area contributed by atoms with Gasteiger partial charge in [0.2, 0.25) is 0 Å². The molecule has 0 radical (unpaired) electrons. The van der Waals surface area contributed by atoms with E-state index >= 15 is 0 Å². The van der Waals surface area contributed by atoms with Gasteiger partial charge in [-0.15, -0.1) is 11.3 Å². The molecule has 4 rings (SSSR count). The molecule has 0 bridgehead atoms. The molecular formula is C24H30N2O2S. The quantitative estimate of drug-likeness (QED) is 0.608. The van der Waals surface area contributed by atoms with E-state index in [-0.39, 0.29) is 0 Å². The second-order valence-electron chi connectivity index (χ2n) is 7.80. The fourth-order valence-corrected chi connectivity index (χ4v) is 4.84. The van der Waals surface area contributed by atoms with E-state index in [1.54, 1.807) is 0 Å². The summed E-state index contributed by atoms with van der Waals surface area (Å²) in [6.07, 6.45) is 0.561. The molecule has 1 unspecified atom stereocenters. The Hall–Kier alpha value is -1.92. The van der Waals surface area contributed by atoms with Gasteiger partial charge in [0.25, 0.3) is 0 Å². The number of fused-ring (bicyclic) bond motifs is 1. The van der Waals surface area contributed by atoms with Gasteiger partial charge in [0, 0.05) is 44.0 Å². The molecular weight excluding hydrogens is 380 g/mol. The summed E-state index contributed by atoms with van der Waals surface area (Å²) < 4.78 is 7.12. The lowest BCUT2D eigenvalue weighted by Gasteiger charge is -2.35. The Bertz CT molecular complexity index is 901. The first-order valence-corrected chi connectivity index (χ1v) is 11.4. The van der Waals surface area contributed by atoms with Gasteiger partial charge in [-0.25, -0.2) is 0 Å². The molecule has 4 nitrogen and oxygen atoms in total. The first-order chi connectivity index (χ1) is 14.2. The van der Waals surface area contributed by atoms with Crippen molar-refractivity contribution >= 4 is 21.4 Å². The molecule has 2 aromatic carbocycles. The summed E-state index contributed by atoms with van der Waals surface area (Å²) in [5, 5.41) is 14.1. The van der Waals surface area contributed by atoms with Crippen LogP contribution in [0.2, 0.25) is 0 Å². The zero-order valence-electron chi connectivity index (χ0n) is 17.1. The summed E-state index contributed by atoms with van der Waals surface area (Å²) in [5.74, 6) is 0.828. The van der Waals surface area contributed by atoms with E-state index in [2.05, 4.69) is 58.5 Å². The standard InChI is InChI=1S/C24H30N2O2S/c1-2-19-7-9-22(10-8-19)28-17-21(27)16-26-13-11-25(12-14-26)15-20-18-29-24-6-4-3-5-23(20)24/h3-10,18,21,27H,2,11-17H2,1H3. The third-order valence-corrected chi connectivity index (χ3v) is 6.68. The molecule has 154 valence electrons. The molecule has 1 aliphatic rings. The van der Waals surface area contributed by atoms with Crippen molar-refractivity contribution in [3.63, 3.8) is 0 Å². The number of hydrogen-bond donors (Lipinski definition) is 1. The van der Waals surface area contributed by atoms with Crippen molar-refractivity contribution in [2.45, 2.75) is 26.0 Å². The number of nitrogens with zero attached hydrogens (tertiary/aromatic N) is 2. The number of benzene rings is 2. The molecule has 1 saturated heterocycles. The number of aliphatic hydroxyl groups excluding tert-OH is 1. The largest absolute Gasteiger partial charge is 0.491 e. The maximum absolute atomic E-state index is 10.4. The average Bonchev–Trinajstić information content (AvgIpc) is 3.17. The van der Waals surface area contributed by atoms with E-state index in [1.807, 2.05) is 23.5 Å². The number of aryl methyl sites for hydroxylation is 1. The molecule has 0 aliphatic carbocycles. The van der Waals surface area contributed by atoms with Crippen molar-refractivity contribution in [2.75, 3.05) is 39.3 Å². The van der Waals surface area contributed by atoms with Gasteiger partial charge in [0.1, 0.15) is 18.5 Å². The minimum absolute atomic E-state index is 0.340. The number of ether oxygens (including phenoxy) is 1. The average molecular weight is 411 g/mol. The van der Waals surface area contributed by atoms with Crippen LogP contribution in [-0.2, 0) is 13.0 Å². The smallest absolute Gasteiger partial charge is 0.119 e. The normalized spacial score (nSPS) is 16.9. The lowest BCUT2D eigenvalue weighted by Crippen LogP contribution is -2.48. The fourth-order valence-electron chi connectivity index (χ4n) is 3.89. The Morgan fingerprint density at radius 1 is 1.00 bits per heavy atom. The van der Waals surface area contributed by atoms with Gasteiger partial charge in [-0.3, -0.25) is 9.80 Å². The molecule has 1 aromatic heterocycles. The third-order valence-electron chi connectivity index (χ3n) is 5.66. The second kappa shape index (κ2) is 9.72. The Morgan fingerprint density at radius 3 is 2.48 bits per heavy atom. The molecule has 0 saturated carbocycles.